The van der Waals surface area contributed by atoms with Gasteiger partial charge in [-0.2, -0.15) is 13.2 Å². The minimum atomic E-state index is -4.43. The fourth-order valence-corrected chi connectivity index (χ4v) is 4.81. The summed E-state index contributed by atoms with van der Waals surface area (Å²) in [7, 11) is 0. The Bertz CT molecular complexity index is 613. The highest BCUT2D eigenvalue weighted by atomic mass is 79.9. The number of alkyl halides is 3. The number of nitrogens with two attached hydrogens (primary N) is 1. The highest BCUT2D eigenvalue weighted by molar-refractivity contribution is 9.12. The summed E-state index contributed by atoms with van der Waals surface area (Å²) in [4.78, 5) is 0. The fourth-order valence-electron chi connectivity index (χ4n) is 1.90. The Kier molecular flexibility index (Phi) is 4.91. The maximum Gasteiger partial charge on any atom is 0.416 e. The molecule has 2 nitrogen and oxygen atoms in total. The summed E-state index contributed by atoms with van der Waals surface area (Å²) in [6.07, 6.45) is -4.43. The van der Waals surface area contributed by atoms with Crippen molar-refractivity contribution < 1.29 is 13.2 Å². The topological polar surface area (TPSA) is 38.0 Å². The van der Waals surface area contributed by atoms with E-state index < -0.39 is 17.8 Å². The second-order valence-corrected chi connectivity index (χ2v) is 7.71. The van der Waals surface area contributed by atoms with Gasteiger partial charge < -0.3 is 0 Å². The van der Waals surface area contributed by atoms with Crippen LogP contribution in [0.1, 0.15) is 22.7 Å². The largest absolute Gasteiger partial charge is 0.416 e. The number of halogens is 5. The van der Waals surface area contributed by atoms with Gasteiger partial charge in [0.05, 0.1) is 19.2 Å². The van der Waals surface area contributed by atoms with Gasteiger partial charge in [0, 0.05) is 5.56 Å². The van der Waals surface area contributed by atoms with Crippen molar-refractivity contribution in [1.29, 1.82) is 0 Å². The van der Waals surface area contributed by atoms with Gasteiger partial charge in [0.15, 0.2) is 0 Å². The molecule has 8 heteroatoms. The van der Waals surface area contributed by atoms with Crippen LogP contribution in [0.2, 0.25) is 0 Å². The number of hydrogen-bond acceptors (Lipinski definition) is 3. The van der Waals surface area contributed by atoms with Crippen molar-refractivity contribution in [3.63, 3.8) is 0 Å². The third kappa shape index (κ3) is 3.25. The van der Waals surface area contributed by atoms with E-state index >= 15 is 0 Å². The maximum atomic E-state index is 13.1. The van der Waals surface area contributed by atoms with E-state index in [0.29, 0.717) is 5.56 Å². The predicted molar refractivity (Wildman–Crippen MR) is 80.3 cm³/mol. The van der Waals surface area contributed by atoms with E-state index in [1.807, 2.05) is 0 Å². The normalized spacial score (nSPS) is 13.5. The zero-order valence-corrected chi connectivity index (χ0v) is 13.8. The molecule has 3 N–H and O–H groups in total. The Morgan fingerprint density at radius 1 is 1.15 bits per heavy atom. The van der Waals surface area contributed by atoms with E-state index in [0.717, 1.165) is 13.6 Å². The second-order valence-electron chi connectivity index (χ2n) is 3.96. The summed E-state index contributed by atoms with van der Waals surface area (Å²) in [6.45, 7) is 0. The zero-order chi connectivity index (χ0) is 14.9. The summed E-state index contributed by atoms with van der Waals surface area (Å²) in [6, 6.07) is 6.39. The predicted octanol–water partition coefficient (Wildman–Crippen LogP) is 4.84. The Labute approximate surface area is 134 Å². The molecule has 1 unspecified atom stereocenters. The van der Waals surface area contributed by atoms with E-state index in [1.165, 1.54) is 23.5 Å². The van der Waals surface area contributed by atoms with Gasteiger partial charge in [0.1, 0.15) is 0 Å². The van der Waals surface area contributed by atoms with E-state index in [2.05, 4.69) is 37.3 Å². The van der Waals surface area contributed by atoms with E-state index in [9.17, 15) is 13.2 Å². The molecule has 108 valence electrons. The highest BCUT2D eigenvalue weighted by Crippen LogP contribution is 2.41. The number of benzene rings is 1. The van der Waals surface area contributed by atoms with Gasteiger partial charge in [-0.05, 0) is 49.6 Å². The van der Waals surface area contributed by atoms with Crippen LogP contribution < -0.4 is 11.3 Å². The molecule has 2 aromatic rings. The molecule has 20 heavy (non-hydrogen) atoms. The van der Waals surface area contributed by atoms with Gasteiger partial charge in [-0.15, -0.1) is 11.3 Å². The molecule has 0 aliphatic heterocycles. The lowest BCUT2D eigenvalue weighted by Gasteiger charge is -2.20. The molecule has 2 rings (SSSR count). The monoisotopic (exact) mass is 428 g/mol. The summed E-state index contributed by atoms with van der Waals surface area (Å²) in [5.74, 6) is 5.48. The number of nitrogens with one attached hydrogen (secondary N) is 1. The third-order valence-corrected chi connectivity index (χ3v) is 5.12. The molecule has 0 radical (unpaired) electrons. The molecular weight excluding hydrogens is 421 g/mol. The van der Waals surface area contributed by atoms with Crippen LogP contribution in [0.3, 0.4) is 0 Å². The van der Waals surface area contributed by atoms with Crippen LogP contribution in [0, 0.1) is 0 Å². The van der Waals surface area contributed by atoms with Crippen LogP contribution in [0.5, 0.6) is 0 Å². The number of thiophene rings is 1. The summed E-state index contributed by atoms with van der Waals surface area (Å²) >= 11 is 8.03. The van der Waals surface area contributed by atoms with E-state index in [-0.39, 0.29) is 5.56 Å². The zero-order valence-electron chi connectivity index (χ0n) is 9.84. The van der Waals surface area contributed by atoms with E-state index in [4.69, 9.17) is 5.84 Å². The molecule has 0 amide bonds. The van der Waals surface area contributed by atoms with Gasteiger partial charge in [0.2, 0.25) is 0 Å². The standard InChI is InChI=1S/C12H9Br2F3N2S/c13-9-5-7(11(14)20-9)10(19-18)6-3-1-2-4-8(6)12(15,16)17/h1-5,10,19H,18H2. The van der Waals surface area contributed by atoms with Gasteiger partial charge in [-0.1, -0.05) is 18.2 Å². The summed E-state index contributed by atoms with van der Waals surface area (Å²) < 4.78 is 40.8. The number of rotatable bonds is 3. The highest BCUT2D eigenvalue weighted by Gasteiger charge is 2.35. The molecular formula is C12H9Br2F3N2S. The van der Waals surface area contributed by atoms with Crippen molar-refractivity contribution in [3.8, 4) is 0 Å². The minimum absolute atomic E-state index is 0.0912. The maximum absolute atomic E-state index is 13.1. The van der Waals surface area contributed by atoms with Crippen LogP contribution in [0.4, 0.5) is 13.2 Å². The van der Waals surface area contributed by atoms with Crippen molar-refractivity contribution in [1.82, 2.24) is 5.43 Å². The first-order valence-corrected chi connectivity index (χ1v) is 7.82. The van der Waals surface area contributed by atoms with Gasteiger partial charge in [-0.25, -0.2) is 5.43 Å². The quantitative estimate of drug-likeness (QED) is 0.540. The Balaban J connectivity index is 2.56. The first kappa shape index (κ1) is 16.0. The molecule has 0 bridgehead atoms. The van der Waals surface area contributed by atoms with Crippen LogP contribution >= 0.6 is 43.2 Å². The number of hydrazine groups is 1. The first-order valence-electron chi connectivity index (χ1n) is 5.41. The smallest absolute Gasteiger partial charge is 0.271 e. The molecule has 1 atom stereocenters. The third-order valence-electron chi connectivity index (χ3n) is 2.74. The average molecular weight is 430 g/mol. The molecule has 0 saturated carbocycles. The average Bonchev–Trinajstić information content (AvgIpc) is 2.69. The minimum Gasteiger partial charge on any atom is -0.271 e. The molecule has 1 aromatic heterocycles. The van der Waals surface area contributed by atoms with Crippen molar-refractivity contribution in [2.45, 2.75) is 12.2 Å². The lowest BCUT2D eigenvalue weighted by atomic mass is 9.96. The van der Waals surface area contributed by atoms with Gasteiger partial charge in [-0.3, -0.25) is 5.84 Å². The van der Waals surface area contributed by atoms with Crippen LogP contribution in [0.25, 0.3) is 0 Å². The molecule has 1 heterocycles. The lowest BCUT2D eigenvalue weighted by molar-refractivity contribution is -0.138. The fraction of sp³-hybridized carbons (Fsp3) is 0.167. The summed E-state index contributed by atoms with van der Waals surface area (Å²) in [5.41, 5.74) is 2.51. The second kappa shape index (κ2) is 6.15. The van der Waals surface area contributed by atoms with Gasteiger partial charge in [0.25, 0.3) is 0 Å². The van der Waals surface area contributed by atoms with Crippen molar-refractivity contribution in [2.24, 2.45) is 5.84 Å². The van der Waals surface area contributed by atoms with E-state index in [1.54, 1.807) is 12.1 Å². The molecule has 0 saturated heterocycles. The number of hydrogen-bond donors (Lipinski definition) is 2. The molecule has 0 spiro atoms. The Morgan fingerprint density at radius 3 is 2.30 bits per heavy atom. The Hall–Kier alpha value is -0.410. The van der Waals surface area contributed by atoms with Crippen molar-refractivity contribution in [2.75, 3.05) is 0 Å². The van der Waals surface area contributed by atoms with Gasteiger partial charge >= 0.3 is 6.18 Å². The van der Waals surface area contributed by atoms with Crippen molar-refractivity contribution in [3.05, 3.63) is 54.6 Å². The Morgan fingerprint density at radius 2 is 1.80 bits per heavy atom. The summed E-state index contributed by atoms with van der Waals surface area (Å²) in [5, 5.41) is 0. The SMILES string of the molecule is NNC(c1ccccc1C(F)(F)F)c1cc(Br)sc1Br. The van der Waals surface area contributed by atoms with Crippen LogP contribution in [0.15, 0.2) is 37.9 Å². The first-order chi connectivity index (χ1) is 9.34. The lowest BCUT2D eigenvalue weighted by Crippen LogP contribution is -2.30. The van der Waals surface area contributed by atoms with Crippen molar-refractivity contribution >= 4 is 43.2 Å². The molecule has 1 aromatic carbocycles. The van der Waals surface area contributed by atoms with Crippen LogP contribution in [-0.2, 0) is 6.18 Å². The van der Waals surface area contributed by atoms with Crippen LogP contribution in [-0.4, -0.2) is 0 Å². The molecule has 0 aliphatic carbocycles. The molecule has 0 aliphatic rings. The molecule has 0 fully saturated rings.